The van der Waals surface area contributed by atoms with Gasteiger partial charge in [-0.3, -0.25) is 4.57 Å². The molecule has 20 heavy (non-hydrogen) atoms. The fourth-order valence-corrected chi connectivity index (χ4v) is 2.41. The molecule has 6 heteroatoms. The summed E-state index contributed by atoms with van der Waals surface area (Å²) in [6.07, 6.45) is 1.68. The van der Waals surface area contributed by atoms with E-state index in [4.69, 9.17) is 4.74 Å². The highest BCUT2D eigenvalue weighted by atomic mass is 79.9. The fraction of sp³-hybridized carbons (Fsp3) is 0.143. The van der Waals surface area contributed by atoms with E-state index in [2.05, 4.69) is 25.9 Å². The van der Waals surface area contributed by atoms with Gasteiger partial charge in [0, 0.05) is 10.7 Å². The number of halogens is 1. The van der Waals surface area contributed by atoms with Gasteiger partial charge < -0.3 is 9.72 Å². The van der Waals surface area contributed by atoms with Crippen LogP contribution in [0.15, 0.2) is 45.8 Å². The lowest BCUT2D eigenvalue weighted by molar-refractivity contribution is 0.414. The SMILES string of the molecule is COc1ccc(Cn2c(=O)[nH]c3cc(Br)cnc32)cc1. The third-order valence-electron chi connectivity index (χ3n) is 3.08. The molecular weight excluding hydrogens is 322 g/mol. The van der Waals surface area contributed by atoms with Crippen LogP contribution in [0.1, 0.15) is 5.56 Å². The highest BCUT2D eigenvalue weighted by Crippen LogP contribution is 2.16. The molecule has 2 aromatic heterocycles. The smallest absolute Gasteiger partial charge is 0.327 e. The van der Waals surface area contributed by atoms with Crippen molar-refractivity contribution in [2.24, 2.45) is 0 Å². The molecule has 0 saturated heterocycles. The Morgan fingerprint density at radius 2 is 2.10 bits per heavy atom. The van der Waals surface area contributed by atoms with Gasteiger partial charge in [0.15, 0.2) is 5.65 Å². The fourth-order valence-electron chi connectivity index (χ4n) is 2.08. The van der Waals surface area contributed by atoms with Crippen LogP contribution in [0.4, 0.5) is 0 Å². The molecule has 3 aromatic rings. The second kappa shape index (κ2) is 5.13. The second-order valence-corrected chi connectivity index (χ2v) is 5.30. The van der Waals surface area contributed by atoms with Gasteiger partial charge in [-0.25, -0.2) is 9.78 Å². The minimum Gasteiger partial charge on any atom is -0.497 e. The van der Waals surface area contributed by atoms with Crippen molar-refractivity contribution in [2.75, 3.05) is 7.11 Å². The molecule has 102 valence electrons. The van der Waals surface area contributed by atoms with Gasteiger partial charge in [0.2, 0.25) is 0 Å². The molecule has 2 heterocycles. The minimum atomic E-state index is -0.165. The zero-order chi connectivity index (χ0) is 14.1. The van der Waals surface area contributed by atoms with E-state index in [1.54, 1.807) is 17.9 Å². The quantitative estimate of drug-likeness (QED) is 0.801. The zero-order valence-corrected chi connectivity index (χ0v) is 12.3. The summed E-state index contributed by atoms with van der Waals surface area (Å²) in [5.74, 6) is 0.794. The molecule has 0 aliphatic rings. The average Bonchev–Trinajstić information content (AvgIpc) is 2.75. The summed E-state index contributed by atoms with van der Waals surface area (Å²) >= 11 is 3.34. The van der Waals surface area contributed by atoms with Gasteiger partial charge >= 0.3 is 5.69 Å². The topological polar surface area (TPSA) is 59.9 Å². The lowest BCUT2D eigenvalue weighted by atomic mass is 10.2. The number of nitrogens with one attached hydrogen (secondary N) is 1. The van der Waals surface area contributed by atoms with Gasteiger partial charge in [-0.1, -0.05) is 12.1 Å². The first-order chi connectivity index (χ1) is 9.67. The number of methoxy groups -OCH3 is 1. The van der Waals surface area contributed by atoms with Crippen LogP contribution in [-0.2, 0) is 6.54 Å². The monoisotopic (exact) mass is 333 g/mol. The van der Waals surface area contributed by atoms with Crippen molar-refractivity contribution in [1.29, 1.82) is 0 Å². The van der Waals surface area contributed by atoms with Crippen LogP contribution in [0.5, 0.6) is 5.75 Å². The molecule has 0 saturated carbocycles. The lowest BCUT2D eigenvalue weighted by Gasteiger charge is -2.04. The first-order valence-corrected chi connectivity index (χ1v) is 6.83. The van der Waals surface area contributed by atoms with Crippen LogP contribution < -0.4 is 10.4 Å². The van der Waals surface area contributed by atoms with Crippen LogP contribution in [0.2, 0.25) is 0 Å². The maximum atomic E-state index is 12.0. The third-order valence-corrected chi connectivity index (χ3v) is 3.51. The molecule has 3 rings (SSSR count). The zero-order valence-electron chi connectivity index (χ0n) is 10.8. The van der Waals surface area contributed by atoms with Crippen LogP contribution in [0.25, 0.3) is 11.2 Å². The molecule has 1 aromatic carbocycles. The Bertz CT molecular complexity index is 805. The Morgan fingerprint density at radius 1 is 1.35 bits per heavy atom. The molecule has 0 bridgehead atoms. The summed E-state index contributed by atoms with van der Waals surface area (Å²) in [7, 11) is 1.63. The summed E-state index contributed by atoms with van der Waals surface area (Å²) < 4.78 is 7.57. The summed E-state index contributed by atoms with van der Waals surface area (Å²) in [4.78, 5) is 19.1. The van der Waals surface area contributed by atoms with Gasteiger partial charge in [-0.2, -0.15) is 0 Å². The molecule has 0 fully saturated rings. The average molecular weight is 334 g/mol. The number of imidazole rings is 1. The molecule has 0 unspecified atom stereocenters. The number of hydrogen-bond donors (Lipinski definition) is 1. The van der Waals surface area contributed by atoms with E-state index in [0.29, 0.717) is 12.2 Å². The van der Waals surface area contributed by atoms with Crippen LogP contribution >= 0.6 is 15.9 Å². The van der Waals surface area contributed by atoms with Gasteiger partial charge in [0.25, 0.3) is 0 Å². The number of rotatable bonds is 3. The Morgan fingerprint density at radius 3 is 2.80 bits per heavy atom. The molecule has 5 nitrogen and oxygen atoms in total. The molecule has 1 N–H and O–H groups in total. The molecule has 0 atom stereocenters. The minimum absolute atomic E-state index is 0.165. The predicted octanol–water partition coefficient (Wildman–Crippen LogP) is 2.54. The molecule has 0 aliphatic heterocycles. The van der Waals surface area contributed by atoms with Crippen LogP contribution in [-0.4, -0.2) is 21.6 Å². The molecule has 0 aliphatic carbocycles. The van der Waals surface area contributed by atoms with E-state index in [0.717, 1.165) is 21.3 Å². The molecule has 0 spiro atoms. The van der Waals surface area contributed by atoms with Crippen molar-refractivity contribution in [2.45, 2.75) is 6.54 Å². The van der Waals surface area contributed by atoms with Gasteiger partial charge in [0.05, 0.1) is 19.2 Å². The van der Waals surface area contributed by atoms with E-state index < -0.39 is 0 Å². The first kappa shape index (κ1) is 12.9. The maximum Gasteiger partial charge on any atom is 0.327 e. The number of pyridine rings is 1. The Hall–Kier alpha value is -2.08. The second-order valence-electron chi connectivity index (χ2n) is 4.39. The van der Waals surface area contributed by atoms with E-state index in [1.165, 1.54) is 0 Å². The number of nitrogens with zero attached hydrogens (tertiary/aromatic N) is 2. The number of hydrogen-bond acceptors (Lipinski definition) is 3. The Kier molecular flexibility index (Phi) is 3.31. The first-order valence-electron chi connectivity index (χ1n) is 6.04. The number of aromatic nitrogens is 3. The molecule has 0 amide bonds. The van der Waals surface area contributed by atoms with Gasteiger partial charge in [0.1, 0.15) is 5.75 Å². The van der Waals surface area contributed by atoms with Crippen molar-refractivity contribution >= 4 is 27.1 Å². The van der Waals surface area contributed by atoms with E-state index in [9.17, 15) is 4.79 Å². The van der Waals surface area contributed by atoms with Gasteiger partial charge in [-0.05, 0) is 39.7 Å². The van der Waals surface area contributed by atoms with E-state index >= 15 is 0 Å². The predicted molar refractivity (Wildman–Crippen MR) is 80.1 cm³/mol. The number of H-pyrrole nitrogens is 1. The molecule has 0 radical (unpaired) electrons. The lowest BCUT2D eigenvalue weighted by Crippen LogP contribution is -2.17. The summed E-state index contributed by atoms with van der Waals surface area (Å²) in [6, 6.07) is 9.46. The summed E-state index contributed by atoms with van der Waals surface area (Å²) in [5, 5.41) is 0. The van der Waals surface area contributed by atoms with E-state index in [-0.39, 0.29) is 5.69 Å². The number of ether oxygens (including phenoxy) is 1. The maximum absolute atomic E-state index is 12.0. The number of aromatic amines is 1. The van der Waals surface area contributed by atoms with Crippen LogP contribution in [0, 0.1) is 0 Å². The normalized spacial score (nSPS) is 10.9. The summed E-state index contributed by atoms with van der Waals surface area (Å²) in [6.45, 7) is 0.470. The molecular formula is C14H12BrN3O2. The van der Waals surface area contributed by atoms with E-state index in [1.807, 2.05) is 30.3 Å². The van der Waals surface area contributed by atoms with Crippen molar-refractivity contribution in [3.8, 4) is 5.75 Å². The highest BCUT2D eigenvalue weighted by Gasteiger charge is 2.08. The largest absolute Gasteiger partial charge is 0.497 e. The third kappa shape index (κ3) is 2.34. The summed E-state index contributed by atoms with van der Waals surface area (Å²) in [5.41, 5.74) is 2.21. The van der Waals surface area contributed by atoms with Crippen molar-refractivity contribution in [1.82, 2.24) is 14.5 Å². The Labute approximate surface area is 123 Å². The van der Waals surface area contributed by atoms with Crippen molar-refractivity contribution in [3.63, 3.8) is 0 Å². The number of fused-ring (bicyclic) bond motifs is 1. The number of benzene rings is 1. The highest BCUT2D eigenvalue weighted by molar-refractivity contribution is 9.10. The Balaban J connectivity index is 2.01. The van der Waals surface area contributed by atoms with Crippen molar-refractivity contribution < 1.29 is 4.74 Å². The van der Waals surface area contributed by atoms with Crippen molar-refractivity contribution in [3.05, 3.63) is 57.0 Å². The standard InChI is InChI=1S/C14H12BrN3O2/c1-20-11-4-2-9(3-5-11)8-18-13-12(17-14(18)19)6-10(15)7-16-13/h2-7H,8H2,1H3,(H,17,19). The van der Waals surface area contributed by atoms with Gasteiger partial charge in [-0.15, -0.1) is 0 Å². The van der Waals surface area contributed by atoms with Crippen LogP contribution in [0.3, 0.4) is 0 Å².